The Morgan fingerprint density at radius 1 is 1.28 bits per heavy atom. The molecule has 0 aliphatic rings. The summed E-state index contributed by atoms with van der Waals surface area (Å²) in [5, 5.41) is 1.13. The highest BCUT2D eigenvalue weighted by molar-refractivity contribution is 5.87. The van der Waals surface area contributed by atoms with Gasteiger partial charge in [0.15, 0.2) is 0 Å². The summed E-state index contributed by atoms with van der Waals surface area (Å²) in [6, 6.07) is 8.10. The largest absolute Gasteiger partial charge is 0.492 e. The van der Waals surface area contributed by atoms with Gasteiger partial charge in [-0.05, 0) is 44.9 Å². The summed E-state index contributed by atoms with van der Waals surface area (Å²) in [6.45, 7) is 6.69. The zero-order valence-corrected chi connectivity index (χ0v) is 11.2. The zero-order chi connectivity index (χ0) is 13.2. The number of hydrogen-bond donors (Lipinski definition) is 1. The van der Waals surface area contributed by atoms with E-state index in [1.807, 2.05) is 32.9 Å². The number of benzene rings is 1. The lowest BCUT2D eigenvalue weighted by Crippen LogP contribution is -2.34. The number of ether oxygens (including phenoxy) is 1. The number of rotatable bonds is 4. The molecule has 1 aromatic carbocycles. The van der Waals surface area contributed by atoms with Crippen molar-refractivity contribution in [3.8, 4) is 5.75 Å². The molecule has 0 unspecified atom stereocenters. The van der Waals surface area contributed by atoms with Crippen LogP contribution in [0.15, 0.2) is 30.5 Å². The molecule has 0 spiro atoms. The molecule has 18 heavy (non-hydrogen) atoms. The van der Waals surface area contributed by atoms with E-state index in [9.17, 15) is 0 Å². The SMILES string of the molecule is CCOc1ccc(CC(C)(C)N)c2cccnc12. The van der Waals surface area contributed by atoms with Crippen molar-refractivity contribution in [1.29, 1.82) is 0 Å². The average molecular weight is 244 g/mol. The standard InChI is InChI=1S/C15H20N2O/c1-4-18-13-8-7-11(10-15(2,3)16)12-6-5-9-17-14(12)13/h5-9H,4,10,16H2,1-3H3. The Kier molecular flexibility index (Phi) is 3.53. The van der Waals surface area contributed by atoms with Crippen molar-refractivity contribution in [2.75, 3.05) is 6.61 Å². The molecule has 2 aromatic rings. The highest BCUT2D eigenvalue weighted by atomic mass is 16.5. The molecule has 3 heteroatoms. The van der Waals surface area contributed by atoms with Gasteiger partial charge in [-0.2, -0.15) is 0 Å². The van der Waals surface area contributed by atoms with Gasteiger partial charge in [0, 0.05) is 17.1 Å². The molecular formula is C15H20N2O. The van der Waals surface area contributed by atoms with Gasteiger partial charge in [-0.3, -0.25) is 4.98 Å². The fourth-order valence-corrected chi connectivity index (χ4v) is 2.12. The lowest BCUT2D eigenvalue weighted by Gasteiger charge is -2.20. The smallest absolute Gasteiger partial charge is 0.145 e. The van der Waals surface area contributed by atoms with Crippen LogP contribution in [-0.4, -0.2) is 17.1 Å². The Bertz CT molecular complexity index is 544. The third-order valence-electron chi connectivity index (χ3n) is 2.77. The molecule has 2 rings (SSSR count). The second kappa shape index (κ2) is 4.94. The van der Waals surface area contributed by atoms with E-state index in [0.29, 0.717) is 6.61 Å². The molecule has 0 fully saturated rings. The summed E-state index contributed by atoms with van der Waals surface area (Å²) in [7, 11) is 0. The quantitative estimate of drug-likeness (QED) is 0.899. The molecule has 2 N–H and O–H groups in total. The molecule has 1 heterocycles. The predicted molar refractivity (Wildman–Crippen MR) is 74.9 cm³/mol. The summed E-state index contributed by atoms with van der Waals surface area (Å²) in [5.74, 6) is 0.840. The van der Waals surface area contributed by atoms with Crippen molar-refractivity contribution in [3.63, 3.8) is 0 Å². The van der Waals surface area contributed by atoms with Gasteiger partial charge in [-0.25, -0.2) is 0 Å². The molecule has 0 saturated carbocycles. The van der Waals surface area contributed by atoms with Crippen LogP contribution in [0, 0.1) is 0 Å². The van der Waals surface area contributed by atoms with Crippen LogP contribution in [-0.2, 0) is 6.42 Å². The number of pyridine rings is 1. The van der Waals surface area contributed by atoms with E-state index in [1.165, 1.54) is 5.56 Å². The van der Waals surface area contributed by atoms with Gasteiger partial charge in [-0.1, -0.05) is 12.1 Å². The second-order valence-corrected chi connectivity index (χ2v) is 5.22. The Balaban J connectivity index is 2.53. The fraction of sp³-hybridized carbons (Fsp3) is 0.400. The maximum absolute atomic E-state index is 6.10. The molecule has 0 saturated heterocycles. The third-order valence-corrected chi connectivity index (χ3v) is 2.77. The minimum Gasteiger partial charge on any atom is -0.492 e. The monoisotopic (exact) mass is 244 g/mol. The Morgan fingerprint density at radius 2 is 2.06 bits per heavy atom. The lowest BCUT2D eigenvalue weighted by atomic mass is 9.93. The highest BCUT2D eigenvalue weighted by Crippen LogP contribution is 2.28. The van der Waals surface area contributed by atoms with Gasteiger partial charge in [0.2, 0.25) is 0 Å². The number of nitrogens with zero attached hydrogens (tertiary/aromatic N) is 1. The summed E-state index contributed by atoms with van der Waals surface area (Å²) in [6.07, 6.45) is 2.61. The molecule has 0 radical (unpaired) electrons. The second-order valence-electron chi connectivity index (χ2n) is 5.22. The first kappa shape index (κ1) is 12.8. The number of nitrogens with two attached hydrogens (primary N) is 1. The van der Waals surface area contributed by atoms with Gasteiger partial charge in [0.05, 0.1) is 6.61 Å². The zero-order valence-electron chi connectivity index (χ0n) is 11.2. The normalized spacial score (nSPS) is 11.8. The van der Waals surface area contributed by atoms with Crippen LogP contribution < -0.4 is 10.5 Å². The highest BCUT2D eigenvalue weighted by Gasteiger charge is 2.15. The Hall–Kier alpha value is -1.61. The summed E-state index contributed by atoms with van der Waals surface area (Å²) in [5.41, 5.74) is 8.01. The Labute approximate surface area is 108 Å². The first-order valence-electron chi connectivity index (χ1n) is 6.29. The number of fused-ring (bicyclic) bond motifs is 1. The van der Waals surface area contributed by atoms with Crippen LogP contribution in [0.2, 0.25) is 0 Å². The maximum atomic E-state index is 6.10. The van der Waals surface area contributed by atoms with Crippen molar-refractivity contribution in [2.45, 2.75) is 32.7 Å². The topological polar surface area (TPSA) is 48.1 Å². The van der Waals surface area contributed by atoms with E-state index >= 15 is 0 Å². The van der Waals surface area contributed by atoms with Crippen molar-refractivity contribution in [3.05, 3.63) is 36.0 Å². The van der Waals surface area contributed by atoms with E-state index in [2.05, 4.69) is 17.1 Å². The summed E-state index contributed by atoms with van der Waals surface area (Å²) in [4.78, 5) is 4.42. The van der Waals surface area contributed by atoms with Crippen molar-refractivity contribution < 1.29 is 4.74 Å². The van der Waals surface area contributed by atoms with Crippen LogP contribution in [0.5, 0.6) is 5.75 Å². The molecule has 0 atom stereocenters. The van der Waals surface area contributed by atoms with E-state index in [-0.39, 0.29) is 5.54 Å². The number of hydrogen-bond acceptors (Lipinski definition) is 3. The molecule has 0 aliphatic heterocycles. The van der Waals surface area contributed by atoms with E-state index in [1.54, 1.807) is 6.20 Å². The molecule has 96 valence electrons. The summed E-state index contributed by atoms with van der Waals surface area (Å²) >= 11 is 0. The van der Waals surface area contributed by atoms with Crippen molar-refractivity contribution >= 4 is 10.9 Å². The summed E-state index contributed by atoms with van der Waals surface area (Å²) < 4.78 is 5.61. The van der Waals surface area contributed by atoms with Gasteiger partial charge in [0.1, 0.15) is 11.3 Å². The predicted octanol–water partition coefficient (Wildman–Crippen LogP) is 2.91. The van der Waals surface area contributed by atoms with Crippen LogP contribution >= 0.6 is 0 Å². The van der Waals surface area contributed by atoms with Crippen LogP contribution in [0.25, 0.3) is 10.9 Å². The molecule has 3 nitrogen and oxygen atoms in total. The molecule has 0 bridgehead atoms. The Morgan fingerprint density at radius 3 is 2.72 bits per heavy atom. The number of aromatic nitrogens is 1. The lowest BCUT2D eigenvalue weighted by molar-refractivity contribution is 0.343. The van der Waals surface area contributed by atoms with Gasteiger partial charge >= 0.3 is 0 Å². The van der Waals surface area contributed by atoms with Crippen molar-refractivity contribution in [1.82, 2.24) is 4.98 Å². The van der Waals surface area contributed by atoms with Crippen LogP contribution in [0.4, 0.5) is 0 Å². The average Bonchev–Trinajstić information content (AvgIpc) is 2.31. The van der Waals surface area contributed by atoms with E-state index in [4.69, 9.17) is 10.5 Å². The molecule has 0 amide bonds. The van der Waals surface area contributed by atoms with Gasteiger partial charge in [0.25, 0.3) is 0 Å². The van der Waals surface area contributed by atoms with Gasteiger partial charge in [-0.15, -0.1) is 0 Å². The van der Waals surface area contributed by atoms with Crippen LogP contribution in [0.3, 0.4) is 0 Å². The fourth-order valence-electron chi connectivity index (χ4n) is 2.12. The van der Waals surface area contributed by atoms with Crippen molar-refractivity contribution in [2.24, 2.45) is 5.73 Å². The molecule has 0 aliphatic carbocycles. The van der Waals surface area contributed by atoms with Gasteiger partial charge < -0.3 is 10.5 Å². The first-order chi connectivity index (χ1) is 8.51. The third kappa shape index (κ3) is 2.79. The van der Waals surface area contributed by atoms with Crippen LogP contribution in [0.1, 0.15) is 26.3 Å². The minimum absolute atomic E-state index is 0.226. The minimum atomic E-state index is -0.226. The van der Waals surface area contributed by atoms with E-state index < -0.39 is 0 Å². The first-order valence-corrected chi connectivity index (χ1v) is 6.29. The molecular weight excluding hydrogens is 224 g/mol. The maximum Gasteiger partial charge on any atom is 0.145 e. The van der Waals surface area contributed by atoms with E-state index in [0.717, 1.165) is 23.1 Å². The molecule has 1 aromatic heterocycles.